The fourth-order valence-electron chi connectivity index (χ4n) is 1.79. The van der Waals surface area contributed by atoms with E-state index in [1.807, 2.05) is 36.4 Å². The van der Waals surface area contributed by atoms with Gasteiger partial charge >= 0.3 is 6.09 Å². The summed E-state index contributed by atoms with van der Waals surface area (Å²) in [5.74, 6) is 0. The molecule has 6 nitrogen and oxygen atoms in total. The highest BCUT2D eigenvalue weighted by Crippen LogP contribution is 2.01. The summed E-state index contributed by atoms with van der Waals surface area (Å²) in [5, 5.41) is 11.4. The first-order valence-electron chi connectivity index (χ1n) is 6.93. The third-order valence-corrected chi connectivity index (χ3v) is 2.93. The molecular formula is C17H15N3O3. The molecule has 0 radical (unpaired) electrons. The van der Waals surface area contributed by atoms with Gasteiger partial charge in [0.05, 0.1) is 0 Å². The Morgan fingerprint density at radius 1 is 1.35 bits per heavy atom. The van der Waals surface area contributed by atoms with Gasteiger partial charge in [-0.15, -0.1) is 0 Å². The van der Waals surface area contributed by atoms with Crippen LogP contribution in [0.2, 0.25) is 0 Å². The van der Waals surface area contributed by atoms with Crippen LogP contribution >= 0.6 is 0 Å². The molecule has 0 saturated carbocycles. The number of carbonyl (C=O) groups is 1. The number of aromatic amines is 1. The van der Waals surface area contributed by atoms with Gasteiger partial charge in [-0.25, -0.2) is 4.79 Å². The topological polar surface area (TPSA) is 95.0 Å². The van der Waals surface area contributed by atoms with Crippen LogP contribution in [0.1, 0.15) is 16.7 Å². The fraction of sp³-hybridized carbons (Fsp3) is 0.118. The molecule has 0 aliphatic carbocycles. The van der Waals surface area contributed by atoms with E-state index in [0.29, 0.717) is 5.56 Å². The van der Waals surface area contributed by atoms with E-state index >= 15 is 0 Å². The van der Waals surface area contributed by atoms with Crippen molar-refractivity contribution in [2.24, 2.45) is 0 Å². The summed E-state index contributed by atoms with van der Waals surface area (Å²) in [6, 6.07) is 12.7. The molecule has 0 spiro atoms. The number of hydrogen-bond donors (Lipinski definition) is 2. The van der Waals surface area contributed by atoms with Crippen LogP contribution in [0.15, 0.2) is 53.5 Å². The van der Waals surface area contributed by atoms with E-state index in [9.17, 15) is 9.59 Å². The molecule has 0 saturated heterocycles. The molecule has 0 aliphatic rings. The first kappa shape index (κ1) is 16.0. The second-order valence-electron chi connectivity index (χ2n) is 4.63. The van der Waals surface area contributed by atoms with Crippen molar-refractivity contribution in [1.29, 1.82) is 5.26 Å². The molecule has 2 aromatic rings. The van der Waals surface area contributed by atoms with Crippen molar-refractivity contribution in [2.75, 3.05) is 6.54 Å². The summed E-state index contributed by atoms with van der Waals surface area (Å²) in [4.78, 5) is 25.2. The van der Waals surface area contributed by atoms with Crippen molar-refractivity contribution >= 4 is 12.2 Å². The number of ether oxygens (including phenoxy) is 1. The largest absolute Gasteiger partial charge is 0.445 e. The Morgan fingerprint density at radius 3 is 2.87 bits per heavy atom. The second-order valence-corrected chi connectivity index (χ2v) is 4.63. The van der Waals surface area contributed by atoms with E-state index in [0.717, 1.165) is 5.56 Å². The number of carbonyl (C=O) groups excluding carboxylic acids is 1. The summed E-state index contributed by atoms with van der Waals surface area (Å²) < 4.78 is 5.06. The lowest BCUT2D eigenvalue weighted by Crippen LogP contribution is -2.24. The Labute approximate surface area is 133 Å². The molecular weight excluding hydrogens is 294 g/mol. The minimum atomic E-state index is -0.516. The van der Waals surface area contributed by atoms with Gasteiger partial charge in [0.25, 0.3) is 5.56 Å². The lowest BCUT2D eigenvalue weighted by molar-refractivity contribution is 0.141. The van der Waals surface area contributed by atoms with E-state index < -0.39 is 11.7 Å². The molecule has 2 rings (SSSR count). The van der Waals surface area contributed by atoms with Crippen LogP contribution in [0.5, 0.6) is 0 Å². The van der Waals surface area contributed by atoms with Crippen molar-refractivity contribution in [1.82, 2.24) is 10.3 Å². The zero-order valence-corrected chi connectivity index (χ0v) is 12.3. The van der Waals surface area contributed by atoms with Gasteiger partial charge in [-0.1, -0.05) is 42.5 Å². The Morgan fingerprint density at radius 2 is 2.13 bits per heavy atom. The second kappa shape index (κ2) is 8.20. The number of H-pyrrole nitrogens is 1. The smallest absolute Gasteiger partial charge is 0.407 e. The van der Waals surface area contributed by atoms with Crippen LogP contribution < -0.4 is 10.9 Å². The molecule has 23 heavy (non-hydrogen) atoms. The minimum Gasteiger partial charge on any atom is -0.445 e. The molecule has 1 aromatic heterocycles. The molecule has 6 heteroatoms. The molecule has 0 aliphatic heterocycles. The fourth-order valence-corrected chi connectivity index (χ4v) is 1.79. The summed E-state index contributed by atoms with van der Waals surface area (Å²) >= 11 is 0. The maximum absolute atomic E-state index is 11.5. The van der Waals surface area contributed by atoms with Gasteiger partial charge in [0, 0.05) is 12.7 Å². The van der Waals surface area contributed by atoms with E-state index in [-0.39, 0.29) is 18.7 Å². The van der Waals surface area contributed by atoms with Crippen LogP contribution in [0, 0.1) is 11.3 Å². The number of aromatic nitrogens is 1. The first-order chi connectivity index (χ1) is 11.2. The maximum Gasteiger partial charge on any atom is 0.407 e. The SMILES string of the molecule is N#Cc1cc(C=CCNC(=O)OCc2ccccc2)c[nH]c1=O. The standard InChI is InChI=1S/C17H15N3O3/c18-10-15-9-14(11-20-16(15)21)7-4-8-19-17(22)23-12-13-5-2-1-3-6-13/h1-7,9,11H,8,12H2,(H,19,22)(H,20,21). The van der Waals surface area contributed by atoms with Crippen LogP contribution in [-0.2, 0) is 11.3 Å². The van der Waals surface area contributed by atoms with Crippen LogP contribution in [-0.4, -0.2) is 17.6 Å². The molecule has 116 valence electrons. The van der Waals surface area contributed by atoms with Gasteiger partial charge in [-0.2, -0.15) is 5.26 Å². The van der Waals surface area contributed by atoms with Crippen LogP contribution in [0.3, 0.4) is 0 Å². The molecule has 1 heterocycles. The third kappa shape index (κ3) is 5.17. The molecule has 2 N–H and O–H groups in total. The monoisotopic (exact) mass is 309 g/mol. The highest BCUT2D eigenvalue weighted by Gasteiger charge is 2.01. The van der Waals surface area contributed by atoms with E-state index in [2.05, 4.69) is 10.3 Å². The number of nitrogens with zero attached hydrogens (tertiary/aromatic N) is 1. The van der Waals surface area contributed by atoms with Crippen molar-refractivity contribution in [3.8, 4) is 6.07 Å². The lowest BCUT2D eigenvalue weighted by atomic mass is 10.2. The quantitative estimate of drug-likeness (QED) is 0.885. The van der Waals surface area contributed by atoms with Gasteiger partial charge in [-0.05, 0) is 17.2 Å². The molecule has 1 amide bonds. The van der Waals surface area contributed by atoms with Crippen LogP contribution in [0.4, 0.5) is 4.79 Å². The summed E-state index contributed by atoms with van der Waals surface area (Å²) in [7, 11) is 0. The van der Waals surface area contributed by atoms with E-state index in [1.165, 1.54) is 12.3 Å². The van der Waals surface area contributed by atoms with Crippen LogP contribution in [0.25, 0.3) is 6.08 Å². The number of benzene rings is 1. The van der Waals surface area contributed by atoms with Gasteiger partial charge in [0.15, 0.2) is 0 Å². The number of nitrogens with one attached hydrogen (secondary N) is 2. The highest BCUT2D eigenvalue weighted by molar-refractivity contribution is 5.67. The predicted molar refractivity (Wildman–Crippen MR) is 85.4 cm³/mol. The number of pyridine rings is 1. The van der Waals surface area contributed by atoms with Gasteiger partial charge < -0.3 is 15.0 Å². The maximum atomic E-state index is 11.5. The molecule has 0 unspecified atom stereocenters. The van der Waals surface area contributed by atoms with Crippen molar-refractivity contribution < 1.29 is 9.53 Å². The van der Waals surface area contributed by atoms with E-state index in [1.54, 1.807) is 12.2 Å². The van der Waals surface area contributed by atoms with Gasteiger partial charge in [0.1, 0.15) is 18.2 Å². The normalized spacial score (nSPS) is 10.2. The Balaban J connectivity index is 1.77. The Kier molecular flexibility index (Phi) is 5.72. The predicted octanol–water partition coefficient (Wildman–Crippen LogP) is 2.19. The summed E-state index contributed by atoms with van der Waals surface area (Å²) in [6.07, 6.45) is 4.36. The zero-order chi connectivity index (χ0) is 16.5. The van der Waals surface area contributed by atoms with E-state index in [4.69, 9.17) is 10.00 Å². The number of nitriles is 1. The average Bonchev–Trinajstić information content (AvgIpc) is 2.59. The third-order valence-electron chi connectivity index (χ3n) is 2.93. The summed E-state index contributed by atoms with van der Waals surface area (Å²) in [6.45, 7) is 0.483. The molecule has 0 fully saturated rings. The first-order valence-corrected chi connectivity index (χ1v) is 6.93. The van der Waals surface area contributed by atoms with Crippen molar-refractivity contribution in [3.05, 3.63) is 75.7 Å². The number of hydrogen-bond acceptors (Lipinski definition) is 4. The van der Waals surface area contributed by atoms with Gasteiger partial charge in [0.2, 0.25) is 0 Å². The molecule has 0 bridgehead atoms. The number of alkyl carbamates (subject to hydrolysis) is 1. The Hall–Kier alpha value is -3.33. The number of amides is 1. The molecule has 0 atom stereocenters. The minimum absolute atomic E-state index is 0.0439. The lowest BCUT2D eigenvalue weighted by Gasteiger charge is -2.05. The average molecular weight is 309 g/mol. The highest BCUT2D eigenvalue weighted by atomic mass is 16.5. The molecule has 1 aromatic carbocycles. The zero-order valence-electron chi connectivity index (χ0n) is 12.3. The van der Waals surface area contributed by atoms with Crippen molar-refractivity contribution in [3.63, 3.8) is 0 Å². The van der Waals surface area contributed by atoms with Crippen molar-refractivity contribution in [2.45, 2.75) is 6.61 Å². The van der Waals surface area contributed by atoms with Gasteiger partial charge in [-0.3, -0.25) is 4.79 Å². The summed E-state index contributed by atoms with van der Waals surface area (Å²) in [5.41, 5.74) is 1.20. The number of rotatable bonds is 5. The Bertz CT molecular complexity index is 789.